The van der Waals surface area contributed by atoms with Crippen LogP contribution in [0.3, 0.4) is 0 Å². The fourth-order valence-corrected chi connectivity index (χ4v) is 4.10. The molecule has 0 N–H and O–H groups in total. The number of fused-ring (bicyclic) bond motifs is 2. The Kier molecular flexibility index (Phi) is 7.10. The minimum absolute atomic E-state index is 0.0914. The average Bonchev–Trinajstić information content (AvgIpc) is 2.86. The molecule has 1 amide bonds. The first-order valence-corrected chi connectivity index (χ1v) is 11.3. The number of ether oxygens (including phenoxy) is 1. The van der Waals surface area contributed by atoms with Gasteiger partial charge in [-0.05, 0) is 48.9 Å². The fourth-order valence-electron chi connectivity index (χ4n) is 4.10. The summed E-state index contributed by atoms with van der Waals surface area (Å²) in [5.74, 6) is -1.09. The van der Waals surface area contributed by atoms with Crippen molar-refractivity contribution in [2.75, 3.05) is 13.2 Å². The molecule has 4 rings (SSSR count). The van der Waals surface area contributed by atoms with Crippen LogP contribution in [0.1, 0.15) is 18.1 Å². The van der Waals surface area contributed by atoms with Crippen LogP contribution >= 0.6 is 0 Å². The third-order valence-electron chi connectivity index (χ3n) is 5.81. The number of benzene rings is 3. The van der Waals surface area contributed by atoms with Crippen molar-refractivity contribution in [1.29, 1.82) is 0 Å². The molecule has 0 fully saturated rings. The molecule has 0 radical (unpaired) electrons. The van der Waals surface area contributed by atoms with E-state index in [0.717, 1.165) is 12.1 Å². The summed E-state index contributed by atoms with van der Waals surface area (Å²) >= 11 is 0. The largest absolute Gasteiger partial charge is 0.465 e. The number of esters is 1. The first kappa shape index (κ1) is 25.0. The van der Waals surface area contributed by atoms with E-state index >= 15 is 0 Å². The number of alkyl halides is 3. The first-order chi connectivity index (χ1) is 17.2. The van der Waals surface area contributed by atoms with Crippen LogP contribution in [0.25, 0.3) is 21.8 Å². The molecule has 9 heteroatoms. The summed E-state index contributed by atoms with van der Waals surface area (Å²) < 4.78 is 45.5. The van der Waals surface area contributed by atoms with Crippen LogP contribution in [0, 0.1) is 0 Å². The van der Waals surface area contributed by atoms with Crippen LogP contribution in [0.15, 0.2) is 77.6 Å². The predicted octanol–water partition coefficient (Wildman–Crippen LogP) is 4.77. The Bertz CT molecular complexity index is 1420. The fraction of sp³-hybridized carbons (Fsp3) is 0.222. The summed E-state index contributed by atoms with van der Waals surface area (Å²) in [5.41, 5.74) is 0.578. The van der Waals surface area contributed by atoms with Crippen LogP contribution in [-0.2, 0) is 33.6 Å². The number of nitrogens with zero attached hydrogens (tertiary/aromatic N) is 2. The Balaban J connectivity index is 1.70. The summed E-state index contributed by atoms with van der Waals surface area (Å²) in [4.78, 5) is 39.9. The van der Waals surface area contributed by atoms with E-state index in [2.05, 4.69) is 0 Å². The molecule has 0 saturated carbocycles. The van der Waals surface area contributed by atoms with E-state index in [1.807, 2.05) is 0 Å². The number of carbonyl (C=O) groups is 2. The van der Waals surface area contributed by atoms with Gasteiger partial charge in [0, 0.05) is 17.3 Å². The van der Waals surface area contributed by atoms with Crippen LogP contribution < -0.4 is 5.43 Å². The summed E-state index contributed by atoms with van der Waals surface area (Å²) in [6, 6.07) is 18.3. The second kappa shape index (κ2) is 10.2. The van der Waals surface area contributed by atoms with Crippen molar-refractivity contribution < 1.29 is 27.5 Å². The molecule has 1 aromatic heterocycles. The van der Waals surface area contributed by atoms with E-state index in [1.165, 1.54) is 17.0 Å². The zero-order valence-electron chi connectivity index (χ0n) is 19.4. The van der Waals surface area contributed by atoms with Crippen LogP contribution in [0.4, 0.5) is 13.2 Å². The quantitative estimate of drug-likeness (QED) is 0.273. The van der Waals surface area contributed by atoms with Crippen molar-refractivity contribution in [2.24, 2.45) is 0 Å². The number of amides is 1. The minimum Gasteiger partial charge on any atom is -0.465 e. The molecule has 0 bridgehead atoms. The van der Waals surface area contributed by atoms with Gasteiger partial charge in [-0.1, -0.05) is 36.4 Å². The molecule has 0 aliphatic carbocycles. The highest BCUT2D eigenvalue weighted by molar-refractivity contribution is 5.95. The van der Waals surface area contributed by atoms with E-state index in [-0.39, 0.29) is 31.7 Å². The zero-order valence-corrected chi connectivity index (χ0v) is 19.4. The highest BCUT2D eigenvalue weighted by Gasteiger charge is 2.30. The lowest BCUT2D eigenvalue weighted by atomic mass is 10.1. The van der Waals surface area contributed by atoms with E-state index < -0.39 is 23.6 Å². The molecule has 186 valence electrons. The summed E-state index contributed by atoms with van der Waals surface area (Å²) in [5, 5.41) is 0.896. The molecule has 4 aromatic rings. The van der Waals surface area contributed by atoms with Gasteiger partial charge in [-0.15, -0.1) is 0 Å². The van der Waals surface area contributed by atoms with Crippen molar-refractivity contribution in [3.05, 3.63) is 94.1 Å². The normalized spacial score (nSPS) is 11.6. The van der Waals surface area contributed by atoms with Crippen LogP contribution in [0.5, 0.6) is 0 Å². The number of hydrogen-bond donors (Lipinski definition) is 0. The SMILES string of the molecule is CCOC(=O)CN(Cc1ccc(C(F)(F)F)cc1)C(=O)Cn1c2ccccc2c(=O)c2ccccc21. The van der Waals surface area contributed by atoms with Gasteiger partial charge in [0.15, 0.2) is 5.43 Å². The van der Waals surface area contributed by atoms with Crippen molar-refractivity contribution in [2.45, 2.75) is 26.2 Å². The van der Waals surface area contributed by atoms with Crippen LogP contribution in [-0.4, -0.2) is 34.5 Å². The lowest BCUT2D eigenvalue weighted by Crippen LogP contribution is -2.38. The third-order valence-corrected chi connectivity index (χ3v) is 5.81. The van der Waals surface area contributed by atoms with E-state index in [4.69, 9.17) is 4.74 Å². The molecule has 0 saturated heterocycles. The standard InChI is InChI=1S/C27H23F3N2O4/c1-2-36-25(34)17-31(15-18-11-13-19(14-12-18)27(28,29)30)24(33)16-32-22-9-5-3-7-20(22)26(35)21-8-4-6-10-23(21)32/h3-14H,2,15-17H2,1H3. The molecule has 0 spiro atoms. The summed E-state index contributed by atoms with van der Waals surface area (Å²) in [7, 11) is 0. The maximum Gasteiger partial charge on any atom is 0.416 e. The number of para-hydroxylation sites is 2. The van der Waals surface area contributed by atoms with E-state index in [9.17, 15) is 27.6 Å². The average molecular weight is 496 g/mol. The number of pyridine rings is 1. The zero-order chi connectivity index (χ0) is 25.9. The Hall–Kier alpha value is -4.14. The maximum atomic E-state index is 13.5. The maximum absolute atomic E-state index is 13.5. The minimum atomic E-state index is -4.48. The predicted molar refractivity (Wildman–Crippen MR) is 129 cm³/mol. The van der Waals surface area contributed by atoms with Crippen molar-refractivity contribution in [3.8, 4) is 0 Å². The molecule has 36 heavy (non-hydrogen) atoms. The van der Waals surface area contributed by atoms with Gasteiger partial charge in [-0.3, -0.25) is 14.4 Å². The lowest BCUT2D eigenvalue weighted by Gasteiger charge is -2.24. The first-order valence-electron chi connectivity index (χ1n) is 11.3. The Morgan fingerprint density at radius 1 is 0.889 bits per heavy atom. The summed E-state index contributed by atoms with van der Waals surface area (Å²) in [6.45, 7) is 1.10. The van der Waals surface area contributed by atoms with Gasteiger partial charge in [0.1, 0.15) is 13.1 Å². The lowest BCUT2D eigenvalue weighted by molar-refractivity contribution is -0.149. The number of halogens is 3. The molecule has 0 unspecified atom stereocenters. The molecule has 3 aromatic carbocycles. The van der Waals surface area contributed by atoms with Gasteiger partial charge in [0.05, 0.1) is 23.2 Å². The van der Waals surface area contributed by atoms with E-state index in [0.29, 0.717) is 27.4 Å². The molecule has 0 atom stereocenters. The molecule has 1 heterocycles. The van der Waals surface area contributed by atoms with Gasteiger partial charge < -0.3 is 14.2 Å². The molecule has 0 aliphatic heterocycles. The van der Waals surface area contributed by atoms with Gasteiger partial charge in [0.25, 0.3) is 0 Å². The number of rotatable bonds is 7. The smallest absolute Gasteiger partial charge is 0.416 e. The molecular weight excluding hydrogens is 473 g/mol. The second-order valence-electron chi connectivity index (χ2n) is 8.20. The molecular formula is C27H23F3N2O4. The monoisotopic (exact) mass is 496 g/mol. The van der Waals surface area contributed by atoms with Crippen molar-refractivity contribution in [1.82, 2.24) is 9.47 Å². The van der Waals surface area contributed by atoms with Gasteiger partial charge in [-0.25, -0.2) is 0 Å². The van der Waals surface area contributed by atoms with Gasteiger partial charge in [0.2, 0.25) is 5.91 Å². The highest BCUT2D eigenvalue weighted by atomic mass is 19.4. The number of carbonyl (C=O) groups excluding carboxylic acids is 2. The Labute approximate surface area is 204 Å². The molecule has 6 nitrogen and oxygen atoms in total. The second-order valence-corrected chi connectivity index (χ2v) is 8.20. The topological polar surface area (TPSA) is 68.6 Å². The van der Waals surface area contributed by atoms with Crippen LogP contribution in [0.2, 0.25) is 0 Å². The third kappa shape index (κ3) is 5.25. The highest BCUT2D eigenvalue weighted by Crippen LogP contribution is 2.29. The van der Waals surface area contributed by atoms with Gasteiger partial charge >= 0.3 is 12.1 Å². The summed E-state index contributed by atoms with van der Waals surface area (Å²) in [6.07, 6.45) is -4.48. The van der Waals surface area contributed by atoms with E-state index in [1.54, 1.807) is 60.0 Å². The Morgan fingerprint density at radius 3 is 1.97 bits per heavy atom. The van der Waals surface area contributed by atoms with Crippen molar-refractivity contribution >= 4 is 33.7 Å². The van der Waals surface area contributed by atoms with Crippen molar-refractivity contribution in [3.63, 3.8) is 0 Å². The molecule has 0 aliphatic rings. The number of aromatic nitrogens is 1. The van der Waals surface area contributed by atoms with Gasteiger partial charge in [-0.2, -0.15) is 13.2 Å². The number of hydrogen-bond acceptors (Lipinski definition) is 4. The Morgan fingerprint density at radius 2 is 1.44 bits per heavy atom.